The minimum atomic E-state index is -1.03. The van der Waals surface area contributed by atoms with Crippen molar-refractivity contribution in [3.63, 3.8) is 0 Å². The van der Waals surface area contributed by atoms with Crippen LogP contribution in [0.3, 0.4) is 0 Å². The highest BCUT2D eigenvalue weighted by Crippen LogP contribution is 2.49. The van der Waals surface area contributed by atoms with E-state index in [2.05, 4.69) is 0 Å². The van der Waals surface area contributed by atoms with Gasteiger partial charge in [-0.1, -0.05) is 133 Å². The first kappa shape index (κ1) is 10.6. The Bertz CT molecular complexity index is 4030. The van der Waals surface area contributed by atoms with Gasteiger partial charge in [0.1, 0.15) is 0 Å². The molecule has 45 heavy (non-hydrogen) atoms. The molecule has 0 amide bonds. The average molecular weight is 613 g/mol. The van der Waals surface area contributed by atoms with Gasteiger partial charge in [0.2, 0.25) is 0 Å². The third-order valence-electron chi connectivity index (χ3n) is 7.51. The Kier molecular flexibility index (Phi) is 2.26. The lowest BCUT2D eigenvalue weighted by Gasteiger charge is -2.21. The molecule has 0 aliphatic carbocycles. The predicted molar refractivity (Wildman–Crippen MR) is 194 cm³/mol. The molecule has 0 fully saturated rings. The number of rotatable bonds is 3. The van der Waals surface area contributed by atoms with E-state index >= 15 is 0 Å². The fourth-order valence-corrected chi connectivity index (χ4v) is 6.59. The van der Waals surface area contributed by atoms with Crippen LogP contribution in [-0.4, -0.2) is 0 Å². The Morgan fingerprint density at radius 2 is 0.956 bits per heavy atom. The summed E-state index contributed by atoms with van der Waals surface area (Å²) < 4.78 is 235. The molecule has 0 nitrogen and oxygen atoms in total. The van der Waals surface area contributed by atoms with Crippen LogP contribution in [0, 0.1) is 0 Å². The molecule has 1 heteroatoms. The molecular weight excluding hydrogens is 561 g/mol. The van der Waals surface area contributed by atoms with Gasteiger partial charge < -0.3 is 0 Å². The summed E-state index contributed by atoms with van der Waals surface area (Å²) in [5.74, 6) is 0. The van der Waals surface area contributed by atoms with Crippen molar-refractivity contribution < 1.29 is 35.6 Å². The molecule has 0 saturated carbocycles. The fraction of sp³-hybridized carbons (Fsp3) is 0. The molecule has 0 aromatic heterocycles. The van der Waals surface area contributed by atoms with Gasteiger partial charge in [-0.3, -0.25) is 0 Å². The highest BCUT2D eigenvalue weighted by Gasteiger charge is 2.20. The molecule has 1 aliphatic heterocycles. The van der Waals surface area contributed by atoms with Crippen molar-refractivity contribution in [3.8, 4) is 44.5 Å². The SMILES string of the molecule is [2H]c1c([2H])c([2H])c(-c2c([2H])c(-c3c([2H])c4c5c(c([2H])c([2H])c([2H])c5c3[2H])-c3c([2H])c([2H])c([2H])c([2H])c3S4)c([2H])c(-c3c([2H])c([2H])c4c([2H])c([2H])c5c([2H])c([2H])c([2H])c6c([2H])c([2H])c3c4c56)c2[2H])c([2H])c1[2H]. The van der Waals surface area contributed by atoms with E-state index in [1.807, 2.05) is 0 Å². The molecule has 0 bridgehead atoms. The molecule has 0 atom stereocenters. The van der Waals surface area contributed by atoms with Crippen LogP contribution in [0.5, 0.6) is 0 Å². The van der Waals surface area contributed by atoms with E-state index in [1.54, 1.807) is 0 Å². The predicted octanol–water partition coefficient (Wildman–Crippen LogP) is 12.9. The van der Waals surface area contributed by atoms with Crippen molar-refractivity contribution in [2.24, 2.45) is 0 Å². The first-order valence-electron chi connectivity index (χ1n) is 26.4. The first-order chi connectivity index (χ1) is 33.2. The first-order valence-corrected chi connectivity index (χ1v) is 14.2. The topological polar surface area (TPSA) is 0 Å². The molecule has 0 radical (unpaired) electrons. The third kappa shape index (κ3) is 3.81. The summed E-state index contributed by atoms with van der Waals surface area (Å²) in [7, 11) is 0. The molecule has 9 aromatic carbocycles. The summed E-state index contributed by atoms with van der Waals surface area (Å²) in [6, 6.07) is -21.5. The minimum Gasteiger partial charge on any atom is -0.0888 e. The van der Waals surface area contributed by atoms with Crippen molar-refractivity contribution in [2.75, 3.05) is 0 Å². The summed E-state index contributed by atoms with van der Waals surface area (Å²) in [4.78, 5) is -0.490. The highest BCUT2D eigenvalue weighted by molar-refractivity contribution is 7.99. The zero-order valence-corrected chi connectivity index (χ0v) is 23.2. The normalized spacial score (nSPS) is 20.4. The van der Waals surface area contributed by atoms with Crippen LogP contribution in [-0.2, 0) is 0 Å². The lowest BCUT2D eigenvalue weighted by molar-refractivity contribution is 1.40. The van der Waals surface area contributed by atoms with E-state index in [0.29, 0.717) is 11.8 Å². The zero-order valence-electron chi connectivity index (χ0n) is 48.4. The van der Waals surface area contributed by atoms with Crippen LogP contribution < -0.4 is 0 Å². The van der Waals surface area contributed by atoms with Crippen molar-refractivity contribution in [1.82, 2.24) is 0 Å². The maximum absolute atomic E-state index is 10.0. The van der Waals surface area contributed by atoms with Gasteiger partial charge in [-0.2, -0.15) is 0 Å². The van der Waals surface area contributed by atoms with Gasteiger partial charge in [0.05, 0.1) is 35.6 Å². The third-order valence-corrected chi connectivity index (χ3v) is 8.53. The summed E-state index contributed by atoms with van der Waals surface area (Å²) in [5.41, 5.74) is -5.38. The summed E-state index contributed by atoms with van der Waals surface area (Å²) >= 11 is 0.575. The van der Waals surface area contributed by atoms with Gasteiger partial charge in [0.15, 0.2) is 0 Å². The number of fused-ring (bicyclic) bond motifs is 2. The molecule has 0 unspecified atom stereocenters. The van der Waals surface area contributed by atoms with Crippen LogP contribution >= 0.6 is 11.8 Å². The monoisotopic (exact) mass is 612 g/mol. The Balaban J connectivity index is 1.49. The Hall–Kier alpha value is -5.37. The Morgan fingerprint density at radius 1 is 0.333 bits per heavy atom. The second-order valence-electron chi connectivity index (χ2n) is 10.0. The smallest absolute Gasteiger partial charge is 0.0641 e. The van der Waals surface area contributed by atoms with Crippen LogP contribution in [0.25, 0.3) is 87.6 Å². The summed E-state index contributed by atoms with van der Waals surface area (Å²) in [5, 5.41) is -3.27. The van der Waals surface area contributed by atoms with Crippen molar-refractivity contribution >= 4 is 54.9 Å². The van der Waals surface area contributed by atoms with Gasteiger partial charge in [-0.05, 0) is 118 Å². The Labute approximate surface area is 302 Å². The van der Waals surface area contributed by atoms with E-state index in [1.165, 1.54) is 0 Å². The quantitative estimate of drug-likeness (QED) is 0.179. The van der Waals surface area contributed by atoms with E-state index in [-0.39, 0.29) is 37.1 Å². The van der Waals surface area contributed by atoms with Gasteiger partial charge in [-0.25, -0.2) is 0 Å². The number of hydrogen-bond acceptors (Lipinski definition) is 1. The molecule has 10 rings (SSSR count). The van der Waals surface area contributed by atoms with E-state index in [0.717, 1.165) is 0 Å². The fourth-order valence-electron chi connectivity index (χ4n) is 5.57. The van der Waals surface area contributed by atoms with Gasteiger partial charge in [-0.15, -0.1) is 0 Å². The standard InChI is InChI=1S/C44H26S/c1-2-8-27(9-3-1)32-23-33(34-22-31-12-7-14-38-37-13-4-5-15-40(37)45-41(26-34)43(31)38)25-35(24-32)36-20-18-30-17-16-28-10-6-11-29-19-21-39(36)44(30)42(28)29/h1-26H/i1D,2D,3D,4D,5D,6D,7D,8D,9D,10D,11D,12D,13D,14D,15D,16D,17D,18D,19D,20D,21D,22D,23D,24D,25D,26D. The van der Waals surface area contributed by atoms with Crippen molar-refractivity contribution in [3.05, 3.63) is 157 Å². The van der Waals surface area contributed by atoms with Gasteiger partial charge >= 0.3 is 0 Å². The second-order valence-corrected chi connectivity index (χ2v) is 11.0. The summed E-state index contributed by atoms with van der Waals surface area (Å²) in [6.45, 7) is 0. The molecule has 1 aliphatic rings. The van der Waals surface area contributed by atoms with Gasteiger partial charge in [0.25, 0.3) is 0 Å². The van der Waals surface area contributed by atoms with Crippen molar-refractivity contribution in [2.45, 2.75) is 9.79 Å². The van der Waals surface area contributed by atoms with E-state index in [4.69, 9.17) is 23.3 Å². The highest BCUT2D eigenvalue weighted by atomic mass is 32.2. The maximum Gasteiger partial charge on any atom is 0.0641 e. The summed E-state index contributed by atoms with van der Waals surface area (Å²) in [6.07, 6.45) is 0. The lowest BCUT2D eigenvalue weighted by atomic mass is 9.87. The van der Waals surface area contributed by atoms with Gasteiger partial charge in [0, 0.05) is 15.2 Å². The molecule has 9 aromatic rings. The Morgan fingerprint density at radius 3 is 1.82 bits per heavy atom. The van der Waals surface area contributed by atoms with Crippen LogP contribution in [0.15, 0.2) is 167 Å². The lowest BCUT2D eigenvalue weighted by Crippen LogP contribution is -1.94. The molecule has 0 N–H and O–H groups in total. The molecule has 1 heterocycles. The minimum absolute atomic E-state index is 0.217. The molecule has 0 spiro atoms. The number of hydrogen-bond donors (Lipinski definition) is 0. The zero-order chi connectivity index (χ0) is 52.1. The van der Waals surface area contributed by atoms with Crippen molar-refractivity contribution in [1.29, 1.82) is 0 Å². The largest absolute Gasteiger partial charge is 0.0888 e. The maximum atomic E-state index is 10.0. The van der Waals surface area contributed by atoms with Crippen LogP contribution in [0.1, 0.15) is 35.6 Å². The molecule has 0 saturated heterocycles. The second kappa shape index (κ2) is 9.56. The number of benzene rings is 9. The molecule has 208 valence electrons. The van der Waals surface area contributed by atoms with E-state index < -0.39 is 217 Å². The van der Waals surface area contributed by atoms with Crippen LogP contribution in [0.4, 0.5) is 0 Å². The van der Waals surface area contributed by atoms with Crippen LogP contribution in [0.2, 0.25) is 0 Å². The average Bonchev–Trinajstić information content (AvgIpc) is 3.33. The molecular formula is C44H26S. The van der Waals surface area contributed by atoms with E-state index in [9.17, 15) is 12.3 Å².